The average molecular weight is 392 g/mol. The molecule has 1 aromatic heterocycles. The second kappa shape index (κ2) is 6.16. The molecule has 1 fully saturated rings. The van der Waals surface area contributed by atoms with Crippen LogP contribution in [0.2, 0.25) is 0 Å². The Morgan fingerprint density at radius 2 is 2.00 bits per heavy atom. The minimum atomic E-state index is -0.568. The standard InChI is InChI=1S/C18H16BrF2N3/c19-15-11-23(17-7-6-13(20)9-16(17)21)24(18(15)12-4-5-12)10-14-3-1-2-8-22-14/h1-3,6-9,12H,4-5,10-11H2. The zero-order chi connectivity index (χ0) is 16.7. The molecule has 24 heavy (non-hydrogen) atoms. The molecule has 4 rings (SSSR count). The lowest BCUT2D eigenvalue weighted by atomic mass is 10.2. The van der Waals surface area contributed by atoms with E-state index < -0.39 is 11.6 Å². The van der Waals surface area contributed by atoms with E-state index in [2.05, 4.69) is 25.9 Å². The molecule has 0 bridgehead atoms. The van der Waals surface area contributed by atoms with Gasteiger partial charge in [-0.25, -0.2) is 8.78 Å². The summed E-state index contributed by atoms with van der Waals surface area (Å²) in [7, 11) is 0. The van der Waals surface area contributed by atoms with Crippen LogP contribution in [0.3, 0.4) is 0 Å². The molecule has 124 valence electrons. The highest BCUT2D eigenvalue weighted by molar-refractivity contribution is 9.11. The molecule has 2 aromatic rings. The number of hydrogen-bond acceptors (Lipinski definition) is 3. The highest BCUT2D eigenvalue weighted by atomic mass is 79.9. The summed E-state index contributed by atoms with van der Waals surface area (Å²) in [4.78, 5) is 4.39. The van der Waals surface area contributed by atoms with Gasteiger partial charge in [0.1, 0.15) is 5.82 Å². The van der Waals surface area contributed by atoms with E-state index in [9.17, 15) is 8.78 Å². The lowest BCUT2D eigenvalue weighted by molar-refractivity contribution is 0.315. The fourth-order valence-corrected chi connectivity index (χ4v) is 3.84. The number of allylic oxidation sites excluding steroid dienone is 1. The Balaban J connectivity index is 1.70. The summed E-state index contributed by atoms with van der Waals surface area (Å²) in [5.74, 6) is -0.629. The van der Waals surface area contributed by atoms with Gasteiger partial charge in [-0.15, -0.1) is 0 Å². The summed E-state index contributed by atoms with van der Waals surface area (Å²) in [5, 5.41) is 3.93. The summed E-state index contributed by atoms with van der Waals surface area (Å²) in [6, 6.07) is 9.48. The van der Waals surface area contributed by atoms with Gasteiger partial charge >= 0.3 is 0 Å². The Morgan fingerprint density at radius 1 is 1.17 bits per heavy atom. The molecule has 0 amide bonds. The van der Waals surface area contributed by atoms with Crippen LogP contribution in [0.15, 0.2) is 52.8 Å². The van der Waals surface area contributed by atoms with Crippen LogP contribution in [0.1, 0.15) is 18.5 Å². The van der Waals surface area contributed by atoms with Crippen molar-refractivity contribution in [3.63, 3.8) is 0 Å². The molecule has 0 radical (unpaired) electrons. The van der Waals surface area contributed by atoms with Crippen LogP contribution in [-0.4, -0.2) is 16.5 Å². The van der Waals surface area contributed by atoms with Crippen molar-refractivity contribution in [1.82, 2.24) is 9.99 Å². The Hall–Kier alpha value is -1.95. The molecule has 1 aliphatic carbocycles. The topological polar surface area (TPSA) is 19.4 Å². The number of rotatable bonds is 4. The quantitative estimate of drug-likeness (QED) is 0.758. The van der Waals surface area contributed by atoms with Crippen molar-refractivity contribution in [2.75, 3.05) is 11.6 Å². The van der Waals surface area contributed by atoms with E-state index >= 15 is 0 Å². The lowest BCUT2D eigenvalue weighted by Gasteiger charge is -2.34. The van der Waals surface area contributed by atoms with Crippen molar-refractivity contribution in [2.45, 2.75) is 19.4 Å². The van der Waals surface area contributed by atoms with Gasteiger partial charge in [-0.3, -0.25) is 15.0 Å². The number of halogens is 3. The number of nitrogens with zero attached hydrogens (tertiary/aromatic N) is 3. The van der Waals surface area contributed by atoms with Gasteiger partial charge in [-0.05, 0) is 37.1 Å². The van der Waals surface area contributed by atoms with E-state index in [4.69, 9.17) is 0 Å². The number of benzene rings is 1. The monoisotopic (exact) mass is 391 g/mol. The van der Waals surface area contributed by atoms with E-state index in [1.807, 2.05) is 23.2 Å². The number of hydrazine groups is 1. The molecule has 2 aliphatic rings. The second-order valence-electron chi connectivity index (χ2n) is 6.10. The van der Waals surface area contributed by atoms with Crippen LogP contribution in [0, 0.1) is 17.6 Å². The highest BCUT2D eigenvalue weighted by Gasteiger charge is 2.39. The first kappa shape index (κ1) is 15.6. The maximum absolute atomic E-state index is 14.3. The average Bonchev–Trinajstić information content (AvgIpc) is 3.34. The maximum atomic E-state index is 14.3. The van der Waals surface area contributed by atoms with E-state index in [0.717, 1.165) is 29.1 Å². The second-order valence-corrected chi connectivity index (χ2v) is 7.05. The predicted octanol–water partition coefficient (Wildman–Crippen LogP) is 4.61. The molecule has 3 nitrogen and oxygen atoms in total. The molecule has 0 N–H and O–H groups in total. The first-order valence-electron chi connectivity index (χ1n) is 7.92. The van der Waals surface area contributed by atoms with Gasteiger partial charge in [-0.1, -0.05) is 22.0 Å². The summed E-state index contributed by atoms with van der Waals surface area (Å²) in [5.41, 5.74) is 2.47. The van der Waals surface area contributed by atoms with Crippen molar-refractivity contribution in [3.05, 3.63) is 70.1 Å². The molecule has 0 unspecified atom stereocenters. The van der Waals surface area contributed by atoms with Gasteiger partial charge in [0, 0.05) is 22.7 Å². The van der Waals surface area contributed by atoms with E-state index in [-0.39, 0.29) is 0 Å². The minimum Gasteiger partial charge on any atom is -0.282 e. The Morgan fingerprint density at radius 3 is 2.67 bits per heavy atom. The first-order valence-corrected chi connectivity index (χ1v) is 8.71. The number of anilines is 1. The molecule has 0 saturated heterocycles. The van der Waals surface area contributed by atoms with Gasteiger partial charge in [0.15, 0.2) is 5.82 Å². The Kier molecular flexibility index (Phi) is 4.00. The summed E-state index contributed by atoms with van der Waals surface area (Å²) in [6.07, 6.45) is 4.04. The van der Waals surface area contributed by atoms with Gasteiger partial charge in [0.25, 0.3) is 0 Å². The normalized spacial score (nSPS) is 17.8. The van der Waals surface area contributed by atoms with E-state index in [1.54, 1.807) is 6.20 Å². The fourth-order valence-electron chi connectivity index (χ4n) is 3.08. The predicted molar refractivity (Wildman–Crippen MR) is 92.2 cm³/mol. The van der Waals surface area contributed by atoms with Crippen LogP contribution < -0.4 is 5.01 Å². The fraction of sp³-hybridized carbons (Fsp3) is 0.278. The number of hydrogen-bond donors (Lipinski definition) is 0. The first-order chi connectivity index (χ1) is 11.6. The molecular weight excluding hydrogens is 376 g/mol. The van der Waals surface area contributed by atoms with Crippen LogP contribution in [0.25, 0.3) is 0 Å². The molecule has 0 spiro atoms. The third-order valence-electron chi connectivity index (χ3n) is 4.33. The highest BCUT2D eigenvalue weighted by Crippen LogP contribution is 2.46. The van der Waals surface area contributed by atoms with Crippen LogP contribution in [0.5, 0.6) is 0 Å². The zero-order valence-electron chi connectivity index (χ0n) is 12.9. The van der Waals surface area contributed by atoms with Crippen LogP contribution >= 0.6 is 15.9 Å². The zero-order valence-corrected chi connectivity index (χ0v) is 14.5. The van der Waals surface area contributed by atoms with E-state index in [1.165, 1.54) is 17.8 Å². The van der Waals surface area contributed by atoms with Crippen molar-refractivity contribution in [1.29, 1.82) is 0 Å². The largest absolute Gasteiger partial charge is 0.282 e. The van der Waals surface area contributed by atoms with Gasteiger partial charge in [0.2, 0.25) is 0 Å². The molecule has 0 atom stereocenters. The molecule has 1 aliphatic heterocycles. The molecule has 1 saturated carbocycles. The third-order valence-corrected chi connectivity index (χ3v) is 4.98. The van der Waals surface area contributed by atoms with Crippen molar-refractivity contribution < 1.29 is 8.78 Å². The molecule has 1 aromatic carbocycles. The summed E-state index contributed by atoms with van der Waals surface area (Å²) < 4.78 is 28.7. The third kappa shape index (κ3) is 2.90. The number of pyridine rings is 1. The minimum absolute atomic E-state index is 0.375. The van der Waals surface area contributed by atoms with Crippen molar-refractivity contribution in [3.8, 4) is 0 Å². The van der Waals surface area contributed by atoms with Crippen LogP contribution in [-0.2, 0) is 6.54 Å². The van der Waals surface area contributed by atoms with Crippen molar-refractivity contribution in [2.24, 2.45) is 5.92 Å². The summed E-state index contributed by atoms with van der Waals surface area (Å²) in [6.45, 7) is 1.10. The SMILES string of the molecule is Fc1ccc(N2CC(Br)=C(C3CC3)N2Cc2ccccn2)c(F)c1. The molecule has 6 heteroatoms. The van der Waals surface area contributed by atoms with Crippen molar-refractivity contribution >= 4 is 21.6 Å². The molecular formula is C18H16BrF2N3. The Bertz CT molecular complexity index is 790. The smallest absolute Gasteiger partial charge is 0.151 e. The van der Waals surface area contributed by atoms with E-state index in [0.29, 0.717) is 24.7 Å². The molecule has 2 heterocycles. The Labute approximate surface area is 147 Å². The van der Waals surface area contributed by atoms with Crippen LogP contribution in [0.4, 0.5) is 14.5 Å². The number of aromatic nitrogens is 1. The summed E-state index contributed by atoms with van der Waals surface area (Å²) >= 11 is 3.66. The van der Waals surface area contributed by atoms with Gasteiger partial charge in [0.05, 0.1) is 30.2 Å². The maximum Gasteiger partial charge on any atom is 0.151 e. The lowest BCUT2D eigenvalue weighted by Crippen LogP contribution is -2.38. The van der Waals surface area contributed by atoms with Gasteiger partial charge in [-0.2, -0.15) is 0 Å². The van der Waals surface area contributed by atoms with Gasteiger partial charge < -0.3 is 0 Å².